The van der Waals surface area contributed by atoms with E-state index in [0.29, 0.717) is 18.1 Å². The Kier molecular flexibility index (Phi) is 8.07. The number of thiocarbonyl (C=S) groups is 1. The molecule has 200 valence electrons. The predicted molar refractivity (Wildman–Crippen MR) is 161 cm³/mol. The topological polar surface area (TPSA) is 62.2 Å². The van der Waals surface area contributed by atoms with Crippen LogP contribution in [0.5, 0.6) is 0 Å². The van der Waals surface area contributed by atoms with Crippen molar-refractivity contribution in [2.75, 3.05) is 11.9 Å². The van der Waals surface area contributed by atoms with Gasteiger partial charge in [-0.2, -0.15) is 0 Å². The van der Waals surface area contributed by atoms with Gasteiger partial charge < -0.3 is 20.1 Å². The smallest absolute Gasteiger partial charge is 0.226 e. The molecular formula is C32H35N5OS. The van der Waals surface area contributed by atoms with Crippen molar-refractivity contribution in [3.63, 3.8) is 0 Å². The molecule has 2 aromatic carbocycles. The largest absolute Gasteiger partial charge is 0.352 e. The van der Waals surface area contributed by atoms with Crippen LogP contribution >= 0.6 is 12.2 Å². The number of nitrogens with zero attached hydrogens (tertiary/aromatic N) is 3. The molecular weight excluding hydrogens is 502 g/mol. The maximum absolute atomic E-state index is 13.0. The van der Waals surface area contributed by atoms with Crippen molar-refractivity contribution in [3.8, 4) is 0 Å². The van der Waals surface area contributed by atoms with Gasteiger partial charge in [-0.05, 0) is 73.4 Å². The van der Waals surface area contributed by atoms with Crippen molar-refractivity contribution in [2.24, 2.45) is 0 Å². The van der Waals surface area contributed by atoms with Crippen LogP contribution in [0.3, 0.4) is 0 Å². The molecule has 7 heteroatoms. The van der Waals surface area contributed by atoms with Crippen LogP contribution in [-0.4, -0.2) is 32.0 Å². The van der Waals surface area contributed by atoms with E-state index in [1.807, 2.05) is 54.7 Å². The first-order valence-electron chi connectivity index (χ1n) is 13.5. The number of benzene rings is 2. The van der Waals surface area contributed by atoms with E-state index >= 15 is 0 Å². The Morgan fingerprint density at radius 3 is 2.51 bits per heavy atom. The summed E-state index contributed by atoms with van der Waals surface area (Å²) < 4.78 is 2.36. The first-order chi connectivity index (χ1) is 19.0. The lowest BCUT2D eigenvalue weighted by molar-refractivity contribution is -0.116. The minimum atomic E-state index is -0.117. The van der Waals surface area contributed by atoms with Gasteiger partial charge in [-0.25, -0.2) is 0 Å². The number of pyridine rings is 1. The van der Waals surface area contributed by atoms with Crippen molar-refractivity contribution in [2.45, 2.75) is 52.2 Å². The molecule has 0 unspecified atom stereocenters. The monoisotopic (exact) mass is 537 g/mol. The van der Waals surface area contributed by atoms with Crippen LogP contribution in [0.2, 0.25) is 0 Å². The summed E-state index contributed by atoms with van der Waals surface area (Å²) in [4.78, 5) is 19.9. The average molecular weight is 538 g/mol. The molecule has 4 aromatic rings. The van der Waals surface area contributed by atoms with Crippen LogP contribution < -0.4 is 10.6 Å². The fourth-order valence-electron chi connectivity index (χ4n) is 5.51. The van der Waals surface area contributed by atoms with Gasteiger partial charge in [0.2, 0.25) is 5.91 Å². The molecule has 1 amide bonds. The lowest BCUT2D eigenvalue weighted by Gasteiger charge is -2.28. The van der Waals surface area contributed by atoms with Crippen LogP contribution in [0.25, 0.3) is 0 Å². The lowest BCUT2D eigenvalue weighted by Crippen LogP contribution is -2.33. The maximum Gasteiger partial charge on any atom is 0.226 e. The minimum Gasteiger partial charge on any atom is -0.352 e. The molecule has 2 atom stereocenters. The van der Waals surface area contributed by atoms with Gasteiger partial charge >= 0.3 is 0 Å². The summed E-state index contributed by atoms with van der Waals surface area (Å²) in [6, 6.07) is 26.5. The second-order valence-electron chi connectivity index (χ2n) is 10.0. The third-order valence-electron chi connectivity index (χ3n) is 7.56. The number of hydrogen-bond donors (Lipinski definition) is 2. The van der Waals surface area contributed by atoms with Crippen LogP contribution in [0.15, 0.2) is 85.1 Å². The van der Waals surface area contributed by atoms with E-state index in [4.69, 9.17) is 12.2 Å². The number of amides is 1. The molecule has 2 N–H and O–H groups in total. The average Bonchev–Trinajstić information content (AvgIpc) is 3.43. The highest BCUT2D eigenvalue weighted by Gasteiger charge is 2.41. The molecule has 0 spiro atoms. The van der Waals surface area contributed by atoms with Gasteiger partial charge in [0.15, 0.2) is 5.11 Å². The summed E-state index contributed by atoms with van der Waals surface area (Å²) in [7, 11) is 0. The molecule has 0 aliphatic carbocycles. The fourth-order valence-corrected chi connectivity index (χ4v) is 5.84. The molecule has 0 saturated carbocycles. The summed E-state index contributed by atoms with van der Waals surface area (Å²) in [5, 5.41) is 7.27. The minimum absolute atomic E-state index is 0.0201. The zero-order chi connectivity index (χ0) is 27.4. The van der Waals surface area contributed by atoms with Gasteiger partial charge in [-0.15, -0.1) is 0 Å². The Labute approximate surface area is 236 Å². The standard InChI is InChI=1S/C32H35N5OS/c1-4-25-14-8-9-15-27(25)34-29(38)17-19-36-31(30(35-32(36)39)28-16-10-11-18-33-28)26-20-22(2)37(23(26)3)21-24-12-6-5-7-13-24/h5-16,18,20,30-31H,4,17,19,21H2,1-3H3,(H,34,38)(H,35,39)/t30-,31+/m1/s1. The number of aryl methyl sites for hydroxylation is 2. The van der Waals surface area contributed by atoms with Gasteiger partial charge in [-0.1, -0.05) is 61.5 Å². The van der Waals surface area contributed by atoms with Crippen LogP contribution in [-0.2, 0) is 17.8 Å². The van der Waals surface area contributed by atoms with Gasteiger partial charge in [0, 0.05) is 42.8 Å². The normalized spacial score (nSPS) is 16.8. The fraction of sp³-hybridized carbons (Fsp3) is 0.281. The number of carbonyl (C=O) groups excluding carboxylic acids is 1. The zero-order valence-electron chi connectivity index (χ0n) is 22.7. The third-order valence-corrected chi connectivity index (χ3v) is 7.92. The molecule has 1 saturated heterocycles. The van der Waals surface area contributed by atoms with Gasteiger partial charge in [0.25, 0.3) is 0 Å². The number of aromatic nitrogens is 2. The molecule has 1 aliphatic heterocycles. The highest BCUT2D eigenvalue weighted by atomic mass is 32.1. The molecule has 39 heavy (non-hydrogen) atoms. The number of anilines is 1. The first kappa shape index (κ1) is 26.6. The number of rotatable bonds is 9. The third kappa shape index (κ3) is 5.73. The summed E-state index contributed by atoms with van der Waals surface area (Å²) in [6.07, 6.45) is 3.01. The van der Waals surface area contributed by atoms with E-state index in [1.165, 1.54) is 22.5 Å². The predicted octanol–water partition coefficient (Wildman–Crippen LogP) is 6.11. The Balaban J connectivity index is 1.43. The highest BCUT2D eigenvalue weighted by Crippen LogP contribution is 2.41. The first-order valence-corrected chi connectivity index (χ1v) is 13.9. The highest BCUT2D eigenvalue weighted by molar-refractivity contribution is 7.80. The van der Waals surface area contributed by atoms with E-state index in [2.05, 4.69) is 76.2 Å². The number of nitrogens with one attached hydrogen (secondary N) is 2. The Hall–Kier alpha value is -3.97. The number of carbonyl (C=O) groups is 1. The number of para-hydroxylation sites is 1. The molecule has 5 rings (SSSR count). The van der Waals surface area contributed by atoms with Crippen molar-refractivity contribution in [1.82, 2.24) is 19.8 Å². The van der Waals surface area contributed by atoms with Crippen molar-refractivity contribution in [3.05, 3.63) is 119 Å². The van der Waals surface area contributed by atoms with E-state index in [9.17, 15) is 4.79 Å². The zero-order valence-corrected chi connectivity index (χ0v) is 23.5. The van der Waals surface area contributed by atoms with Gasteiger partial charge in [-0.3, -0.25) is 9.78 Å². The quantitative estimate of drug-likeness (QED) is 0.252. The Morgan fingerprint density at radius 2 is 1.77 bits per heavy atom. The van der Waals surface area contributed by atoms with Crippen LogP contribution in [0.1, 0.15) is 59.2 Å². The molecule has 1 aliphatic rings. The summed E-state index contributed by atoms with van der Waals surface area (Å²) in [5.41, 5.74) is 7.78. The molecule has 6 nitrogen and oxygen atoms in total. The summed E-state index contributed by atoms with van der Waals surface area (Å²) >= 11 is 5.85. The van der Waals surface area contributed by atoms with Crippen molar-refractivity contribution < 1.29 is 4.79 Å². The van der Waals surface area contributed by atoms with E-state index in [1.54, 1.807) is 0 Å². The van der Waals surface area contributed by atoms with Crippen molar-refractivity contribution in [1.29, 1.82) is 0 Å². The van der Waals surface area contributed by atoms with Crippen LogP contribution in [0, 0.1) is 13.8 Å². The second-order valence-corrected chi connectivity index (χ2v) is 10.4. The second kappa shape index (κ2) is 11.8. The lowest BCUT2D eigenvalue weighted by atomic mass is 9.96. The SMILES string of the molecule is CCc1ccccc1NC(=O)CCN1C(=S)N[C@H](c2ccccn2)[C@@H]1c1cc(C)n(Cc2ccccc2)c1C. The van der Waals surface area contributed by atoms with Crippen molar-refractivity contribution >= 4 is 28.9 Å². The van der Waals surface area contributed by atoms with E-state index in [0.717, 1.165) is 29.9 Å². The molecule has 3 heterocycles. The summed E-state index contributed by atoms with van der Waals surface area (Å²) in [6.45, 7) is 7.72. The number of hydrogen-bond acceptors (Lipinski definition) is 3. The Morgan fingerprint density at radius 1 is 1.03 bits per heavy atom. The Bertz CT molecular complexity index is 1450. The van der Waals surface area contributed by atoms with Crippen LogP contribution in [0.4, 0.5) is 5.69 Å². The van der Waals surface area contributed by atoms with E-state index < -0.39 is 0 Å². The molecule has 0 bridgehead atoms. The van der Waals surface area contributed by atoms with E-state index in [-0.39, 0.29) is 18.0 Å². The maximum atomic E-state index is 13.0. The molecule has 2 aromatic heterocycles. The van der Waals surface area contributed by atoms with Gasteiger partial charge in [0.1, 0.15) is 0 Å². The molecule has 0 radical (unpaired) electrons. The molecule has 1 fully saturated rings. The van der Waals surface area contributed by atoms with Gasteiger partial charge in [0.05, 0.1) is 17.8 Å². The summed E-state index contributed by atoms with van der Waals surface area (Å²) in [5.74, 6) is -0.0201.